The van der Waals surface area contributed by atoms with Gasteiger partial charge >= 0.3 is 0 Å². The highest BCUT2D eigenvalue weighted by molar-refractivity contribution is 5.95. The molecule has 1 amide bonds. The number of nitrogens with two attached hydrogens (primary N) is 1. The van der Waals surface area contributed by atoms with Crippen molar-refractivity contribution in [3.63, 3.8) is 0 Å². The first kappa shape index (κ1) is 12.1. The largest absolute Gasteiger partial charge is 0.495 e. The minimum Gasteiger partial charge on any atom is -0.495 e. The van der Waals surface area contributed by atoms with Crippen molar-refractivity contribution in [2.24, 2.45) is 0 Å². The zero-order chi connectivity index (χ0) is 12.1. The predicted molar refractivity (Wildman–Crippen MR) is 64.5 cm³/mol. The van der Waals surface area contributed by atoms with Crippen LogP contribution in [-0.2, 0) is 0 Å². The minimum absolute atomic E-state index is 0.0731. The smallest absolute Gasteiger partial charge is 0.251 e. The monoisotopic (exact) mass is 220 g/mol. The van der Waals surface area contributed by atoms with Crippen LogP contribution >= 0.6 is 0 Å². The summed E-state index contributed by atoms with van der Waals surface area (Å²) in [4.78, 5) is 11.7. The normalized spacial score (nSPS) is 11.6. The Labute approximate surface area is 95.1 Å². The number of hydrogen-bond acceptors (Lipinski definition) is 3. The van der Waals surface area contributed by atoms with Crippen LogP contribution in [0, 0.1) is 0 Å². The van der Waals surface area contributed by atoms with Gasteiger partial charge in [-0.25, -0.2) is 0 Å². The molecule has 1 atom stereocenters. The van der Waals surface area contributed by atoms with Gasteiger partial charge in [0.15, 0.2) is 0 Å². The molecular formula is C12H16N2O2. The molecule has 0 heterocycles. The fourth-order valence-corrected chi connectivity index (χ4v) is 1.20. The van der Waals surface area contributed by atoms with Crippen LogP contribution in [0.2, 0.25) is 0 Å². The van der Waals surface area contributed by atoms with Gasteiger partial charge in [-0.1, -0.05) is 6.08 Å². The zero-order valence-electron chi connectivity index (χ0n) is 9.49. The summed E-state index contributed by atoms with van der Waals surface area (Å²) >= 11 is 0. The zero-order valence-corrected chi connectivity index (χ0v) is 9.49. The highest BCUT2D eigenvalue weighted by atomic mass is 16.5. The molecule has 0 bridgehead atoms. The van der Waals surface area contributed by atoms with Crippen molar-refractivity contribution in [1.82, 2.24) is 5.32 Å². The van der Waals surface area contributed by atoms with E-state index in [9.17, 15) is 4.79 Å². The molecule has 0 aliphatic heterocycles. The molecule has 0 aromatic heterocycles. The Balaban J connectivity index is 2.88. The predicted octanol–water partition coefficient (Wildman–Crippen LogP) is 1.58. The summed E-state index contributed by atoms with van der Waals surface area (Å²) in [5.74, 6) is 0.324. The van der Waals surface area contributed by atoms with Crippen molar-refractivity contribution in [1.29, 1.82) is 0 Å². The second-order valence-electron chi connectivity index (χ2n) is 3.45. The summed E-state index contributed by atoms with van der Waals surface area (Å²) < 4.78 is 5.04. The third kappa shape index (κ3) is 2.76. The molecule has 1 unspecified atom stereocenters. The van der Waals surface area contributed by atoms with E-state index in [0.717, 1.165) is 0 Å². The lowest BCUT2D eigenvalue weighted by Gasteiger charge is -2.11. The third-order valence-electron chi connectivity index (χ3n) is 2.21. The molecule has 0 aliphatic carbocycles. The number of nitrogen functional groups attached to an aromatic ring is 1. The summed E-state index contributed by atoms with van der Waals surface area (Å²) in [6.07, 6.45) is 1.66. The number of carbonyl (C=O) groups excluding carboxylic acids is 1. The summed E-state index contributed by atoms with van der Waals surface area (Å²) in [5, 5.41) is 2.76. The van der Waals surface area contributed by atoms with E-state index in [4.69, 9.17) is 10.5 Å². The first-order valence-corrected chi connectivity index (χ1v) is 4.95. The van der Waals surface area contributed by atoms with Crippen LogP contribution in [0.5, 0.6) is 5.75 Å². The van der Waals surface area contributed by atoms with Crippen molar-refractivity contribution in [2.45, 2.75) is 13.0 Å². The summed E-state index contributed by atoms with van der Waals surface area (Å²) in [7, 11) is 1.51. The van der Waals surface area contributed by atoms with Gasteiger partial charge in [0.25, 0.3) is 5.91 Å². The number of benzene rings is 1. The lowest BCUT2D eigenvalue weighted by Crippen LogP contribution is -2.30. The average molecular weight is 220 g/mol. The van der Waals surface area contributed by atoms with Gasteiger partial charge in [0, 0.05) is 11.6 Å². The second kappa shape index (κ2) is 5.21. The highest BCUT2D eigenvalue weighted by Gasteiger charge is 2.09. The Hall–Kier alpha value is -1.97. The molecule has 1 aromatic rings. The molecule has 0 radical (unpaired) electrons. The van der Waals surface area contributed by atoms with Crippen LogP contribution in [0.3, 0.4) is 0 Å². The van der Waals surface area contributed by atoms with Crippen molar-refractivity contribution < 1.29 is 9.53 Å². The molecule has 4 nitrogen and oxygen atoms in total. The Morgan fingerprint density at radius 2 is 2.31 bits per heavy atom. The van der Waals surface area contributed by atoms with Gasteiger partial charge in [-0.3, -0.25) is 4.79 Å². The van der Waals surface area contributed by atoms with Crippen molar-refractivity contribution in [3.05, 3.63) is 36.4 Å². The van der Waals surface area contributed by atoms with Crippen LogP contribution in [-0.4, -0.2) is 19.1 Å². The molecule has 0 saturated heterocycles. The molecule has 0 fully saturated rings. The molecule has 1 aromatic carbocycles. The van der Waals surface area contributed by atoms with E-state index in [0.29, 0.717) is 17.0 Å². The molecule has 0 saturated carbocycles. The Morgan fingerprint density at radius 3 is 2.88 bits per heavy atom. The van der Waals surface area contributed by atoms with E-state index in [1.54, 1.807) is 24.3 Å². The number of hydrogen-bond donors (Lipinski definition) is 2. The van der Waals surface area contributed by atoms with Crippen LogP contribution in [0.25, 0.3) is 0 Å². The van der Waals surface area contributed by atoms with Crippen molar-refractivity contribution >= 4 is 11.6 Å². The van der Waals surface area contributed by atoms with Gasteiger partial charge < -0.3 is 15.8 Å². The minimum atomic E-state index is -0.175. The summed E-state index contributed by atoms with van der Waals surface area (Å²) in [6.45, 7) is 5.44. The van der Waals surface area contributed by atoms with Crippen LogP contribution < -0.4 is 15.8 Å². The quantitative estimate of drug-likeness (QED) is 0.598. The topological polar surface area (TPSA) is 64.4 Å². The van der Waals surface area contributed by atoms with E-state index in [1.165, 1.54) is 7.11 Å². The van der Waals surface area contributed by atoms with Gasteiger partial charge in [0.1, 0.15) is 5.75 Å². The number of amides is 1. The number of rotatable bonds is 4. The standard InChI is InChI=1S/C12H16N2O2/c1-4-8(2)14-12(15)9-5-6-10(13)11(7-9)16-3/h4-8H,1,13H2,2-3H3,(H,14,15). The number of carbonyl (C=O) groups is 1. The maximum absolute atomic E-state index is 11.7. The molecular weight excluding hydrogens is 204 g/mol. The number of nitrogens with one attached hydrogen (secondary N) is 1. The van der Waals surface area contributed by atoms with E-state index in [1.807, 2.05) is 6.92 Å². The van der Waals surface area contributed by atoms with E-state index < -0.39 is 0 Å². The molecule has 0 aliphatic rings. The fourth-order valence-electron chi connectivity index (χ4n) is 1.20. The maximum Gasteiger partial charge on any atom is 0.251 e. The van der Waals surface area contributed by atoms with Crippen molar-refractivity contribution in [2.75, 3.05) is 12.8 Å². The van der Waals surface area contributed by atoms with Gasteiger partial charge in [0.2, 0.25) is 0 Å². The highest BCUT2D eigenvalue weighted by Crippen LogP contribution is 2.21. The molecule has 4 heteroatoms. The Kier molecular flexibility index (Phi) is 3.94. The van der Waals surface area contributed by atoms with Crippen LogP contribution in [0.4, 0.5) is 5.69 Å². The van der Waals surface area contributed by atoms with Gasteiger partial charge in [0.05, 0.1) is 12.8 Å². The van der Waals surface area contributed by atoms with Gasteiger partial charge in [-0.05, 0) is 25.1 Å². The first-order valence-electron chi connectivity index (χ1n) is 4.95. The fraction of sp³-hybridized carbons (Fsp3) is 0.250. The van der Waals surface area contributed by atoms with Crippen LogP contribution in [0.15, 0.2) is 30.9 Å². The van der Waals surface area contributed by atoms with Crippen molar-refractivity contribution in [3.8, 4) is 5.75 Å². The lowest BCUT2D eigenvalue weighted by molar-refractivity contribution is 0.0946. The number of methoxy groups -OCH3 is 1. The number of anilines is 1. The molecule has 86 valence electrons. The van der Waals surface area contributed by atoms with E-state index in [2.05, 4.69) is 11.9 Å². The summed E-state index contributed by atoms with van der Waals surface area (Å²) in [5.41, 5.74) is 6.68. The van der Waals surface area contributed by atoms with E-state index >= 15 is 0 Å². The molecule has 3 N–H and O–H groups in total. The lowest BCUT2D eigenvalue weighted by atomic mass is 10.1. The Bertz CT molecular complexity index is 402. The SMILES string of the molecule is C=CC(C)NC(=O)c1ccc(N)c(OC)c1. The molecule has 16 heavy (non-hydrogen) atoms. The third-order valence-corrected chi connectivity index (χ3v) is 2.21. The molecule has 1 rings (SSSR count). The van der Waals surface area contributed by atoms with Gasteiger partial charge in [-0.15, -0.1) is 6.58 Å². The average Bonchev–Trinajstić information content (AvgIpc) is 2.29. The molecule has 0 spiro atoms. The van der Waals surface area contributed by atoms with E-state index in [-0.39, 0.29) is 11.9 Å². The second-order valence-corrected chi connectivity index (χ2v) is 3.45. The maximum atomic E-state index is 11.7. The summed E-state index contributed by atoms with van der Waals surface area (Å²) in [6, 6.07) is 4.84. The van der Waals surface area contributed by atoms with Crippen LogP contribution in [0.1, 0.15) is 17.3 Å². The Morgan fingerprint density at radius 1 is 1.62 bits per heavy atom. The number of ether oxygens (including phenoxy) is 1. The first-order chi connectivity index (χ1) is 7.58. The van der Waals surface area contributed by atoms with Gasteiger partial charge in [-0.2, -0.15) is 0 Å².